The first-order valence-corrected chi connectivity index (χ1v) is 7.21. The lowest BCUT2D eigenvalue weighted by molar-refractivity contribution is 0.188. The maximum absolute atomic E-state index is 11.5. The Morgan fingerprint density at radius 1 is 1.59 bits per heavy atom. The summed E-state index contributed by atoms with van der Waals surface area (Å²) in [5.41, 5.74) is 0. The van der Waals surface area contributed by atoms with Crippen LogP contribution in [-0.4, -0.2) is 31.8 Å². The van der Waals surface area contributed by atoms with E-state index in [0.717, 1.165) is 23.2 Å². The fraction of sp³-hybridized carbons (Fsp3) is 0.545. The van der Waals surface area contributed by atoms with Crippen molar-refractivity contribution in [1.29, 1.82) is 0 Å². The lowest BCUT2D eigenvalue weighted by Gasteiger charge is -2.11. The molecule has 0 aromatic carbocycles. The largest absolute Gasteiger partial charge is 0.379 e. The van der Waals surface area contributed by atoms with Crippen molar-refractivity contribution >= 4 is 33.3 Å². The van der Waals surface area contributed by atoms with Crippen molar-refractivity contribution in [2.45, 2.75) is 18.9 Å². The maximum Gasteiger partial charge on any atom is 0.315 e. The van der Waals surface area contributed by atoms with Crippen LogP contribution in [0.4, 0.5) is 4.79 Å². The van der Waals surface area contributed by atoms with Gasteiger partial charge in [0.15, 0.2) is 0 Å². The van der Waals surface area contributed by atoms with Crippen LogP contribution in [0.25, 0.3) is 0 Å². The van der Waals surface area contributed by atoms with Gasteiger partial charge in [-0.15, -0.1) is 11.3 Å². The fourth-order valence-electron chi connectivity index (χ4n) is 1.67. The number of hydrogen-bond acceptors (Lipinski definition) is 3. The summed E-state index contributed by atoms with van der Waals surface area (Å²) in [6.07, 6.45) is 1.77. The van der Waals surface area contributed by atoms with E-state index in [2.05, 4.69) is 32.6 Å². The molecule has 0 aliphatic carbocycles. The number of rotatable bonds is 4. The number of ether oxygens (including phenoxy) is 1. The first kappa shape index (κ1) is 12.9. The highest BCUT2D eigenvalue weighted by atomic mass is 79.9. The van der Waals surface area contributed by atoms with E-state index >= 15 is 0 Å². The summed E-state index contributed by atoms with van der Waals surface area (Å²) in [4.78, 5) is 12.8. The minimum atomic E-state index is -0.101. The molecule has 1 aromatic heterocycles. The summed E-state index contributed by atoms with van der Waals surface area (Å²) < 4.78 is 6.31. The molecular formula is C11H15BrN2O2S. The van der Waals surface area contributed by atoms with Gasteiger partial charge in [-0.3, -0.25) is 0 Å². The Bertz CT molecular complexity index is 377. The molecule has 0 radical (unpaired) electrons. The molecule has 0 spiro atoms. The van der Waals surface area contributed by atoms with Gasteiger partial charge in [-0.25, -0.2) is 4.79 Å². The molecule has 2 rings (SSSR count). The van der Waals surface area contributed by atoms with E-state index in [4.69, 9.17) is 4.74 Å². The number of thiophene rings is 1. The number of carbonyl (C=O) groups excluding carboxylic acids is 1. The molecular weight excluding hydrogens is 304 g/mol. The number of amides is 2. The second-order valence-electron chi connectivity index (χ2n) is 3.92. The number of hydrogen-bond donors (Lipinski definition) is 2. The molecule has 2 heterocycles. The van der Waals surface area contributed by atoms with Gasteiger partial charge in [0, 0.05) is 18.0 Å². The average molecular weight is 319 g/mol. The van der Waals surface area contributed by atoms with E-state index in [1.165, 1.54) is 4.88 Å². The predicted molar refractivity (Wildman–Crippen MR) is 71.5 cm³/mol. The second kappa shape index (κ2) is 6.37. The lowest BCUT2D eigenvalue weighted by Crippen LogP contribution is -2.42. The molecule has 1 fully saturated rings. The van der Waals surface area contributed by atoms with Crippen LogP contribution in [0.1, 0.15) is 11.3 Å². The first-order valence-electron chi connectivity index (χ1n) is 5.60. The van der Waals surface area contributed by atoms with Gasteiger partial charge in [0.05, 0.1) is 16.4 Å². The van der Waals surface area contributed by atoms with Gasteiger partial charge in [-0.1, -0.05) is 0 Å². The summed E-state index contributed by atoms with van der Waals surface area (Å²) in [5.74, 6) is 0. The molecule has 1 saturated heterocycles. The normalized spacial score (nSPS) is 19.2. The van der Waals surface area contributed by atoms with Crippen LogP contribution < -0.4 is 10.6 Å². The van der Waals surface area contributed by atoms with Crippen LogP contribution in [0.15, 0.2) is 15.9 Å². The Morgan fingerprint density at radius 3 is 3.12 bits per heavy atom. The van der Waals surface area contributed by atoms with E-state index < -0.39 is 0 Å². The van der Waals surface area contributed by atoms with Gasteiger partial charge < -0.3 is 15.4 Å². The zero-order chi connectivity index (χ0) is 12.1. The van der Waals surface area contributed by atoms with Crippen molar-refractivity contribution in [3.63, 3.8) is 0 Å². The number of carbonyl (C=O) groups is 1. The maximum atomic E-state index is 11.5. The zero-order valence-electron chi connectivity index (χ0n) is 9.37. The Kier molecular flexibility index (Phi) is 4.82. The van der Waals surface area contributed by atoms with Crippen LogP contribution in [0, 0.1) is 0 Å². The van der Waals surface area contributed by atoms with Crippen molar-refractivity contribution in [2.24, 2.45) is 0 Å². The highest BCUT2D eigenvalue weighted by Crippen LogP contribution is 2.21. The Labute approximate surface area is 113 Å². The third-order valence-electron chi connectivity index (χ3n) is 2.55. The molecule has 1 atom stereocenters. The van der Waals surface area contributed by atoms with Gasteiger partial charge in [-0.05, 0) is 40.9 Å². The number of urea groups is 1. The van der Waals surface area contributed by atoms with Gasteiger partial charge in [-0.2, -0.15) is 0 Å². The van der Waals surface area contributed by atoms with Crippen molar-refractivity contribution < 1.29 is 9.53 Å². The first-order chi connectivity index (χ1) is 8.24. The summed E-state index contributed by atoms with van der Waals surface area (Å²) in [6.45, 7) is 2.03. The van der Waals surface area contributed by atoms with Crippen molar-refractivity contribution in [3.8, 4) is 0 Å². The smallest absolute Gasteiger partial charge is 0.315 e. The monoisotopic (exact) mass is 318 g/mol. The molecule has 2 amide bonds. The Morgan fingerprint density at radius 2 is 2.47 bits per heavy atom. The highest BCUT2D eigenvalue weighted by molar-refractivity contribution is 9.11. The van der Waals surface area contributed by atoms with Gasteiger partial charge in [0.2, 0.25) is 0 Å². The standard InChI is InChI=1S/C11H15BrN2O2S/c12-10-2-1-9(17-10)3-5-13-11(15)14-8-4-6-16-7-8/h1-2,8H,3-7H2,(H2,13,14,15). The molecule has 17 heavy (non-hydrogen) atoms. The van der Waals surface area contributed by atoms with Gasteiger partial charge in [0.25, 0.3) is 0 Å². The lowest BCUT2D eigenvalue weighted by atomic mass is 10.3. The van der Waals surface area contributed by atoms with E-state index in [1.807, 2.05) is 6.07 Å². The quantitative estimate of drug-likeness (QED) is 0.893. The van der Waals surface area contributed by atoms with E-state index in [-0.39, 0.29) is 12.1 Å². The fourth-order valence-corrected chi connectivity index (χ4v) is 3.15. The van der Waals surface area contributed by atoms with E-state index in [0.29, 0.717) is 13.2 Å². The molecule has 1 aliphatic rings. The summed E-state index contributed by atoms with van der Waals surface area (Å²) >= 11 is 5.11. The van der Waals surface area contributed by atoms with Crippen molar-refractivity contribution in [2.75, 3.05) is 19.8 Å². The molecule has 94 valence electrons. The van der Waals surface area contributed by atoms with E-state index in [9.17, 15) is 4.79 Å². The summed E-state index contributed by atoms with van der Waals surface area (Å²) in [7, 11) is 0. The third kappa shape index (κ3) is 4.29. The molecule has 1 aliphatic heterocycles. The Balaban J connectivity index is 1.62. The summed E-state index contributed by atoms with van der Waals surface area (Å²) in [5, 5.41) is 5.74. The number of halogens is 1. The van der Waals surface area contributed by atoms with Crippen molar-refractivity contribution in [1.82, 2.24) is 10.6 Å². The summed E-state index contributed by atoms with van der Waals surface area (Å²) in [6, 6.07) is 4.16. The van der Waals surface area contributed by atoms with Crippen LogP contribution in [0.3, 0.4) is 0 Å². The van der Waals surface area contributed by atoms with Crippen LogP contribution in [0.2, 0.25) is 0 Å². The second-order valence-corrected chi connectivity index (χ2v) is 6.46. The van der Waals surface area contributed by atoms with Crippen molar-refractivity contribution in [3.05, 3.63) is 20.8 Å². The third-order valence-corrected chi connectivity index (χ3v) is 4.23. The minimum absolute atomic E-state index is 0.101. The molecule has 4 nitrogen and oxygen atoms in total. The number of nitrogens with one attached hydrogen (secondary N) is 2. The molecule has 2 N–H and O–H groups in total. The highest BCUT2D eigenvalue weighted by Gasteiger charge is 2.17. The minimum Gasteiger partial charge on any atom is -0.379 e. The van der Waals surface area contributed by atoms with Gasteiger partial charge >= 0.3 is 6.03 Å². The topological polar surface area (TPSA) is 50.4 Å². The zero-order valence-corrected chi connectivity index (χ0v) is 11.8. The Hall–Kier alpha value is -0.590. The molecule has 0 saturated carbocycles. The van der Waals surface area contributed by atoms with Crippen LogP contribution >= 0.6 is 27.3 Å². The average Bonchev–Trinajstić information content (AvgIpc) is 2.90. The van der Waals surface area contributed by atoms with E-state index in [1.54, 1.807) is 11.3 Å². The molecule has 0 bridgehead atoms. The van der Waals surface area contributed by atoms with Crippen LogP contribution in [-0.2, 0) is 11.2 Å². The van der Waals surface area contributed by atoms with Crippen LogP contribution in [0.5, 0.6) is 0 Å². The predicted octanol–water partition coefficient (Wildman–Crippen LogP) is 2.14. The van der Waals surface area contributed by atoms with Gasteiger partial charge in [0.1, 0.15) is 0 Å². The molecule has 1 unspecified atom stereocenters. The molecule has 6 heteroatoms. The molecule has 1 aromatic rings. The SMILES string of the molecule is O=C(NCCc1ccc(Br)s1)NC1CCOC1.